The quantitative estimate of drug-likeness (QED) is 0.749. The van der Waals surface area contributed by atoms with E-state index >= 15 is 0 Å². The molecule has 0 amide bonds. The number of hydrogen-bond acceptors (Lipinski definition) is 2. The summed E-state index contributed by atoms with van der Waals surface area (Å²) in [5.41, 5.74) is 1.17. The summed E-state index contributed by atoms with van der Waals surface area (Å²) in [6.07, 6.45) is 6.16. The largest absolute Gasteiger partial charge is 0.493 e. The molecule has 3 nitrogen and oxygen atoms in total. The third kappa shape index (κ3) is 2.99. The highest BCUT2D eigenvalue weighted by molar-refractivity contribution is 5.77. The van der Waals surface area contributed by atoms with Crippen LogP contribution in [0.2, 0.25) is 0 Å². The van der Waals surface area contributed by atoms with Crippen molar-refractivity contribution in [3.05, 3.63) is 23.8 Å². The predicted molar refractivity (Wildman–Crippen MR) is 68.6 cm³/mol. The predicted octanol–water partition coefficient (Wildman–Crippen LogP) is 2.32. The van der Waals surface area contributed by atoms with Crippen molar-refractivity contribution in [1.82, 2.24) is 0 Å². The monoisotopic (exact) mass is 234 g/mol. The van der Waals surface area contributed by atoms with Crippen LogP contribution >= 0.6 is 0 Å². The molecule has 0 saturated carbocycles. The highest BCUT2D eigenvalue weighted by atomic mass is 16.5. The first-order chi connectivity index (χ1) is 8.33. The molecule has 1 aliphatic heterocycles. The van der Waals surface area contributed by atoms with E-state index in [0.717, 1.165) is 24.6 Å². The summed E-state index contributed by atoms with van der Waals surface area (Å²) in [5.74, 6) is 1.57. The number of methoxy groups -OCH3 is 2. The van der Waals surface area contributed by atoms with Crippen molar-refractivity contribution in [2.75, 3.05) is 27.3 Å². The fourth-order valence-corrected chi connectivity index (χ4v) is 2.19. The van der Waals surface area contributed by atoms with E-state index in [1.54, 1.807) is 14.2 Å². The number of benzene rings is 1. The molecule has 0 N–H and O–H groups in total. The molecule has 1 aliphatic rings. The normalized spacial score (nSPS) is 15.5. The van der Waals surface area contributed by atoms with Crippen LogP contribution in [0.15, 0.2) is 18.2 Å². The van der Waals surface area contributed by atoms with E-state index in [0.29, 0.717) is 0 Å². The van der Waals surface area contributed by atoms with Gasteiger partial charge >= 0.3 is 0 Å². The number of nitrogens with zero attached hydrogens (tertiary/aromatic N) is 1. The molecule has 0 atom stereocenters. The Morgan fingerprint density at radius 2 is 1.71 bits per heavy atom. The number of rotatable bonds is 3. The van der Waals surface area contributed by atoms with Gasteiger partial charge in [-0.25, -0.2) is 4.58 Å². The minimum Gasteiger partial charge on any atom is -0.493 e. The van der Waals surface area contributed by atoms with Crippen molar-refractivity contribution in [3.8, 4) is 11.5 Å². The lowest BCUT2D eigenvalue weighted by molar-refractivity contribution is -0.532. The molecule has 1 fully saturated rings. The first-order valence-corrected chi connectivity index (χ1v) is 6.14. The van der Waals surface area contributed by atoms with Crippen molar-refractivity contribution in [3.63, 3.8) is 0 Å². The average Bonchev–Trinajstić information content (AvgIpc) is 2.40. The third-order valence-electron chi connectivity index (χ3n) is 3.13. The maximum atomic E-state index is 5.30. The van der Waals surface area contributed by atoms with Crippen LogP contribution < -0.4 is 9.47 Å². The highest BCUT2D eigenvalue weighted by Crippen LogP contribution is 2.26. The molecule has 0 aliphatic carbocycles. The van der Waals surface area contributed by atoms with E-state index in [-0.39, 0.29) is 0 Å². The second kappa shape index (κ2) is 5.71. The van der Waals surface area contributed by atoms with Gasteiger partial charge in [0.25, 0.3) is 0 Å². The minimum atomic E-state index is 0.781. The smallest absolute Gasteiger partial charge is 0.170 e. The summed E-state index contributed by atoms with van der Waals surface area (Å²) in [5, 5.41) is 0. The molecule has 0 radical (unpaired) electrons. The van der Waals surface area contributed by atoms with Crippen LogP contribution in [0.1, 0.15) is 24.8 Å². The second-order valence-electron chi connectivity index (χ2n) is 4.34. The Morgan fingerprint density at radius 1 is 1.00 bits per heavy atom. The third-order valence-corrected chi connectivity index (χ3v) is 3.13. The van der Waals surface area contributed by atoms with E-state index < -0.39 is 0 Å². The van der Waals surface area contributed by atoms with E-state index in [9.17, 15) is 0 Å². The maximum absolute atomic E-state index is 5.30. The molecule has 3 heteroatoms. The Bertz CT molecular complexity index is 405. The molecule has 0 bridgehead atoms. The van der Waals surface area contributed by atoms with Crippen molar-refractivity contribution in [2.24, 2.45) is 0 Å². The van der Waals surface area contributed by atoms with Gasteiger partial charge in [-0.15, -0.1) is 0 Å². The Labute approximate surface area is 103 Å². The first-order valence-electron chi connectivity index (χ1n) is 6.14. The molecule has 1 saturated heterocycles. The van der Waals surface area contributed by atoms with Crippen molar-refractivity contribution >= 4 is 6.21 Å². The van der Waals surface area contributed by atoms with Crippen LogP contribution in [0.5, 0.6) is 11.5 Å². The Hall–Kier alpha value is -1.51. The van der Waals surface area contributed by atoms with Gasteiger partial charge in [0.05, 0.1) is 14.2 Å². The molecule has 1 aromatic rings. The summed E-state index contributed by atoms with van der Waals surface area (Å²) < 4.78 is 12.9. The lowest BCUT2D eigenvalue weighted by atomic mass is 10.1. The average molecular weight is 234 g/mol. The molecule has 0 spiro atoms. The Balaban J connectivity index is 2.21. The van der Waals surface area contributed by atoms with E-state index in [2.05, 4.69) is 16.9 Å². The van der Waals surface area contributed by atoms with Crippen LogP contribution in [-0.2, 0) is 0 Å². The number of piperidine rings is 1. The molecule has 2 rings (SSSR count). The zero-order chi connectivity index (χ0) is 12.1. The summed E-state index contributed by atoms with van der Waals surface area (Å²) in [4.78, 5) is 0. The molecule has 1 heterocycles. The zero-order valence-corrected chi connectivity index (χ0v) is 10.6. The van der Waals surface area contributed by atoms with Gasteiger partial charge in [0.2, 0.25) is 0 Å². The van der Waals surface area contributed by atoms with E-state index in [1.807, 2.05) is 12.1 Å². The van der Waals surface area contributed by atoms with Crippen LogP contribution in [0, 0.1) is 0 Å². The Morgan fingerprint density at radius 3 is 2.35 bits per heavy atom. The standard InChI is InChI=1S/C14H20NO2/c1-16-13-7-6-12(10-14(13)17-2)11-15-8-4-3-5-9-15/h6-7,10-11H,3-5,8-9H2,1-2H3/q+1. The topological polar surface area (TPSA) is 21.5 Å². The Kier molecular flexibility index (Phi) is 4.02. The molecule has 17 heavy (non-hydrogen) atoms. The lowest BCUT2D eigenvalue weighted by Gasteiger charge is -2.10. The van der Waals surface area contributed by atoms with Crippen molar-refractivity contribution < 1.29 is 14.0 Å². The van der Waals surface area contributed by atoms with Crippen molar-refractivity contribution in [1.29, 1.82) is 0 Å². The van der Waals surface area contributed by atoms with Crippen LogP contribution in [0.4, 0.5) is 0 Å². The van der Waals surface area contributed by atoms with Crippen LogP contribution in [0.25, 0.3) is 0 Å². The maximum Gasteiger partial charge on any atom is 0.170 e. The van der Waals surface area contributed by atoms with E-state index in [4.69, 9.17) is 9.47 Å². The van der Waals surface area contributed by atoms with Gasteiger partial charge in [-0.3, -0.25) is 0 Å². The van der Waals surface area contributed by atoms with Crippen LogP contribution in [-0.4, -0.2) is 38.1 Å². The summed E-state index contributed by atoms with van der Waals surface area (Å²) >= 11 is 0. The van der Waals surface area contributed by atoms with Crippen molar-refractivity contribution in [2.45, 2.75) is 19.3 Å². The summed E-state index contributed by atoms with van der Waals surface area (Å²) in [7, 11) is 3.33. The SMILES string of the molecule is COc1ccc(C=[N+]2CCCCC2)cc1OC. The molecule has 92 valence electrons. The first kappa shape index (κ1) is 12.0. The highest BCUT2D eigenvalue weighted by Gasteiger charge is 2.11. The molecule has 0 aromatic heterocycles. The fraction of sp³-hybridized carbons (Fsp3) is 0.500. The van der Waals surface area contributed by atoms with Gasteiger partial charge in [0.1, 0.15) is 13.1 Å². The van der Waals surface area contributed by atoms with Gasteiger partial charge in [-0.2, -0.15) is 0 Å². The van der Waals surface area contributed by atoms with E-state index in [1.165, 1.54) is 24.8 Å². The zero-order valence-electron chi connectivity index (χ0n) is 10.6. The van der Waals surface area contributed by atoms with Gasteiger partial charge in [-0.05, 0) is 24.6 Å². The van der Waals surface area contributed by atoms with Crippen LogP contribution in [0.3, 0.4) is 0 Å². The number of hydrogen-bond donors (Lipinski definition) is 0. The lowest BCUT2D eigenvalue weighted by Crippen LogP contribution is -2.21. The molecular weight excluding hydrogens is 214 g/mol. The van der Waals surface area contributed by atoms with Gasteiger partial charge in [0, 0.05) is 18.4 Å². The molecule has 0 unspecified atom stereocenters. The van der Waals surface area contributed by atoms with Gasteiger partial charge < -0.3 is 9.47 Å². The molecule has 1 aromatic carbocycles. The summed E-state index contributed by atoms with van der Waals surface area (Å²) in [6, 6.07) is 6.04. The second-order valence-corrected chi connectivity index (χ2v) is 4.34. The number of ether oxygens (including phenoxy) is 2. The fourth-order valence-electron chi connectivity index (χ4n) is 2.19. The van der Waals surface area contributed by atoms with Gasteiger partial charge in [0.15, 0.2) is 17.7 Å². The van der Waals surface area contributed by atoms with Gasteiger partial charge in [-0.1, -0.05) is 0 Å². The summed E-state index contributed by atoms with van der Waals surface area (Å²) in [6.45, 7) is 2.32. The minimum absolute atomic E-state index is 0.781. The molecular formula is C14H20NO2+.